The Morgan fingerprint density at radius 1 is 0.500 bits per heavy atom. The van der Waals surface area contributed by atoms with Gasteiger partial charge in [0.2, 0.25) is 0 Å². The molecule has 0 saturated heterocycles. The van der Waals surface area contributed by atoms with Gasteiger partial charge < -0.3 is 19.3 Å². The maximum Gasteiger partial charge on any atom is 0.340 e. The SMILES string of the molecule is CC1(C)c2ccccc2N(c2ccccc2)c2cc3c(cc21)C1(OC(=O)c2ccccc21)c1ccc(N(c2ccccc2)c2ccccc2)cc1O3. The van der Waals surface area contributed by atoms with Gasteiger partial charge in [-0.25, -0.2) is 4.79 Å². The van der Waals surface area contributed by atoms with Crippen LogP contribution in [0.15, 0.2) is 170 Å². The van der Waals surface area contributed by atoms with Crippen LogP contribution in [0.3, 0.4) is 0 Å². The Morgan fingerprint density at radius 3 is 1.81 bits per heavy atom. The van der Waals surface area contributed by atoms with E-state index < -0.39 is 5.60 Å². The number of para-hydroxylation sites is 4. The van der Waals surface area contributed by atoms with E-state index in [2.05, 4.69) is 127 Å². The van der Waals surface area contributed by atoms with Crippen LogP contribution in [0.5, 0.6) is 11.5 Å². The lowest BCUT2D eigenvalue weighted by Gasteiger charge is -2.44. The minimum absolute atomic E-state index is 0.345. The molecule has 3 aliphatic heterocycles. The molecule has 0 bridgehead atoms. The number of fused-ring (bicyclic) bond motifs is 8. The van der Waals surface area contributed by atoms with Crippen molar-refractivity contribution in [2.24, 2.45) is 0 Å². The fourth-order valence-corrected chi connectivity index (χ4v) is 8.45. The summed E-state index contributed by atoms with van der Waals surface area (Å²) in [6.45, 7) is 4.54. The van der Waals surface area contributed by atoms with E-state index in [9.17, 15) is 4.79 Å². The molecule has 7 aromatic carbocycles. The zero-order chi connectivity index (χ0) is 35.0. The van der Waals surface area contributed by atoms with Crippen molar-refractivity contribution in [1.82, 2.24) is 0 Å². The molecule has 250 valence electrons. The number of ether oxygens (including phenoxy) is 2. The van der Waals surface area contributed by atoms with Crippen LogP contribution in [-0.2, 0) is 15.8 Å². The van der Waals surface area contributed by atoms with E-state index in [-0.39, 0.29) is 11.4 Å². The van der Waals surface area contributed by atoms with Crippen LogP contribution in [0.4, 0.5) is 34.1 Å². The quantitative estimate of drug-likeness (QED) is 0.174. The zero-order valence-corrected chi connectivity index (χ0v) is 28.8. The number of anilines is 6. The molecule has 1 unspecified atom stereocenters. The maximum absolute atomic E-state index is 13.8. The van der Waals surface area contributed by atoms with Gasteiger partial charge in [-0.2, -0.15) is 0 Å². The molecular formula is C47H34N2O3. The third kappa shape index (κ3) is 4.26. The predicted molar refractivity (Wildman–Crippen MR) is 206 cm³/mol. The number of esters is 1. The Bertz CT molecular complexity index is 2490. The topological polar surface area (TPSA) is 42.0 Å². The van der Waals surface area contributed by atoms with Crippen LogP contribution in [0.1, 0.15) is 52.0 Å². The third-order valence-corrected chi connectivity index (χ3v) is 10.8. The van der Waals surface area contributed by atoms with E-state index in [0.29, 0.717) is 17.1 Å². The van der Waals surface area contributed by atoms with Gasteiger partial charge in [-0.3, -0.25) is 0 Å². The second kappa shape index (κ2) is 11.2. The number of carbonyl (C=O) groups is 1. The molecular weight excluding hydrogens is 641 g/mol. The van der Waals surface area contributed by atoms with Gasteiger partial charge in [0.15, 0.2) is 5.60 Å². The zero-order valence-electron chi connectivity index (χ0n) is 28.8. The van der Waals surface area contributed by atoms with Crippen LogP contribution in [-0.4, -0.2) is 5.97 Å². The van der Waals surface area contributed by atoms with Gasteiger partial charge in [0.25, 0.3) is 0 Å². The summed E-state index contributed by atoms with van der Waals surface area (Å²) in [4.78, 5) is 18.4. The van der Waals surface area contributed by atoms with E-state index in [1.165, 1.54) is 5.56 Å². The van der Waals surface area contributed by atoms with Crippen molar-refractivity contribution in [3.05, 3.63) is 203 Å². The van der Waals surface area contributed by atoms with Gasteiger partial charge in [-0.05, 0) is 77.9 Å². The Kier molecular flexibility index (Phi) is 6.52. The lowest BCUT2D eigenvalue weighted by atomic mass is 9.70. The molecule has 0 aliphatic carbocycles. The molecule has 5 nitrogen and oxygen atoms in total. The minimum Gasteiger partial charge on any atom is -0.456 e. The summed E-state index contributed by atoms with van der Waals surface area (Å²) < 4.78 is 13.7. The first kappa shape index (κ1) is 30.3. The van der Waals surface area contributed by atoms with Crippen LogP contribution in [0.25, 0.3) is 0 Å². The van der Waals surface area contributed by atoms with E-state index >= 15 is 0 Å². The van der Waals surface area contributed by atoms with Crippen LogP contribution < -0.4 is 14.5 Å². The summed E-state index contributed by atoms with van der Waals surface area (Å²) in [5.41, 5.74) is 9.90. The van der Waals surface area contributed by atoms with Gasteiger partial charge in [-0.15, -0.1) is 0 Å². The summed E-state index contributed by atoms with van der Waals surface area (Å²) >= 11 is 0. The molecule has 1 atom stereocenters. The smallest absolute Gasteiger partial charge is 0.340 e. The van der Waals surface area contributed by atoms with Crippen molar-refractivity contribution >= 4 is 40.1 Å². The van der Waals surface area contributed by atoms with Gasteiger partial charge in [0.1, 0.15) is 11.5 Å². The first-order chi connectivity index (χ1) is 25.4. The monoisotopic (exact) mass is 674 g/mol. The Labute approximate surface area is 302 Å². The van der Waals surface area contributed by atoms with E-state index in [1.54, 1.807) is 0 Å². The number of hydrogen-bond acceptors (Lipinski definition) is 5. The molecule has 7 aromatic rings. The van der Waals surface area contributed by atoms with Gasteiger partial charge in [0, 0.05) is 57.0 Å². The fraction of sp³-hybridized carbons (Fsp3) is 0.0851. The first-order valence-corrected chi connectivity index (χ1v) is 17.6. The average Bonchev–Trinajstić information content (AvgIpc) is 3.48. The first-order valence-electron chi connectivity index (χ1n) is 17.6. The summed E-state index contributed by atoms with van der Waals surface area (Å²) in [5, 5.41) is 0. The number of hydrogen-bond donors (Lipinski definition) is 0. The highest BCUT2D eigenvalue weighted by atomic mass is 16.6. The van der Waals surface area contributed by atoms with E-state index in [0.717, 1.165) is 56.4 Å². The molecule has 3 heterocycles. The van der Waals surface area contributed by atoms with Crippen LogP contribution in [0.2, 0.25) is 0 Å². The normalized spacial score (nSPS) is 17.2. The summed E-state index contributed by atoms with van der Waals surface area (Å²) in [7, 11) is 0. The lowest BCUT2D eigenvalue weighted by molar-refractivity contribution is 0.0224. The number of benzene rings is 7. The molecule has 0 N–H and O–H groups in total. The van der Waals surface area contributed by atoms with Crippen molar-refractivity contribution in [3.63, 3.8) is 0 Å². The van der Waals surface area contributed by atoms with Crippen LogP contribution >= 0.6 is 0 Å². The molecule has 10 rings (SSSR count). The third-order valence-electron chi connectivity index (χ3n) is 10.8. The van der Waals surface area contributed by atoms with Gasteiger partial charge >= 0.3 is 5.97 Å². The molecule has 0 amide bonds. The molecule has 0 fully saturated rings. The second-order valence-electron chi connectivity index (χ2n) is 14.1. The predicted octanol–water partition coefficient (Wildman–Crippen LogP) is 11.8. The van der Waals surface area contributed by atoms with E-state index in [1.807, 2.05) is 66.7 Å². The highest BCUT2D eigenvalue weighted by molar-refractivity contribution is 5.97. The molecule has 0 aromatic heterocycles. The molecule has 0 radical (unpaired) electrons. The van der Waals surface area contributed by atoms with Crippen molar-refractivity contribution < 1.29 is 14.3 Å². The maximum atomic E-state index is 13.8. The summed E-state index contributed by atoms with van der Waals surface area (Å²) in [6.07, 6.45) is 0. The molecule has 52 heavy (non-hydrogen) atoms. The Hall–Kier alpha value is -6.59. The van der Waals surface area contributed by atoms with Gasteiger partial charge in [-0.1, -0.05) is 105 Å². The second-order valence-corrected chi connectivity index (χ2v) is 14.1. The van der Waals surface area contributed by atoms with Gasteiger partial charge in [0.05, 0.1) is 16.9 Å². The highest BCUT2D eigenvalue weighted by Gasteiger charge is 2.54. The molecule has 0 saturated carbocycles. The molecule has 3 aliphatic rings. The number of nitrogens with zero attached hydrogens (tertiary/aromatic N) is 2. The lowest BCUT2D eigenvalue weighted by Crippen LogP contribution is -2.36. The van der Waals surface area contributed by atoms with Crippen molar-refractivity contribution in [2.75, 3.05) is 9.80 Å². The highest BCUT2D eigenvalue weighted by Crippen LogP contribution is 2.61. The van der Waals surface area contributed by atoms with Crippen molar-refractivity contribution in [1.29, 1.82) is 0 Å². The molecule has 5 heteroatoms. The standard InChI is InChI=1S/C47H34N2O3/c1-46(2)37-24-14-15-25-41(37)49(33-20-10-5-11-21-33)42-30-44-40(29-39(42)46)47(36-23-13-12-22-35(36)45(50)52-47)38-27-26-34(28-43(38)51-44)48(31-16-6-3-7-17-31)32-18-8-4-9-19-32/h3-30H,1-2H3. The largest absolute Gasteiger partial charge is 0.456 e. The Balaban J connectivity index is 1.24. The average molecular weight is 675 g/mol. The minimum atomic E-state index is -1.21. The van der Waals surface area contributed by atoms with Crippen LogP contribution in [0, 0.1) is 0 Å². The molecule has 1 spiro atoms. The van der Waals surface area contributed by atoms with Crippen molar-refractivity contribution in [3.8, 4) is 11.5 Å². The Morgan fingerprint density at radius 2 is 1.10 bits per heavy atom. The number of carbonyl (C=O) groups excluding carboxylic acids is 1. The summed E-state index contributed by atoms with van der Waals surface area (Å²) in [6, 6.07) is 58.0. The fourth-order valence-electron chi connectivity index (χ4n) is 8.45. The van der Waals surface area contributed by atoms with E-state index in [4.69, 9.17) is 9.47 Å². The van der Waals surface area contributed by atoms with Crippen molar-refractivity contribution in [2.45, 2.75) is 24.9 Å². The number of rotatable bonds is 4. The summed E-state index contributed by atoms with van der Waals surface area (Å²) in [5.74, 6) is 0.935.